The predicted molar refractivity (Wildman–Crippen MR) is 114 cm³/mol. The largest absolute Gasteiger partial charge is 0.496 e. The maximum absolute atomic E-state index is 12.6. The third-order valence-corrected chi connectivity index (χ3v) is 4.73. The van der Waals surface area contributed by atoms with E-state index in [1.54, 1.807) is 24.3 Å². The number of hydrazone groups is 1. The Balaban J connectivity index is 1.82. The molecule has 3 N–H and O–H groups in total. The molecule has 1 aromatic carbocycles. The Morgan fingerprint density at radius 3 is 2.57 bits per heavy atom. The van der Waals surface area contributed by atoms with E-state index in [2.05, 4.69) is 21.4 Å². The molecule has 2 aromatic rings. The number of fused-ring (bicyclic) bond motifs is 1. The topological polar surface area (TPSA) is 105 Å². The van der Waals surface area contributed by atoms with Crippen molar-refractivity contribution in [1.29, 1.82) is 0 Å². The van der Waals surface area contributed by atoms with Crippen molar-refractivity contribution in [1.82, 2.24) is 16.3 Å². The molecule has 0 atom stereocenters. The number of furan rings is 1. The Labute approximate surface area is 176 Å². The van der Waals surface area contributed by atoms with Gasteiger partial charge in [0.15, 0.2) is 5.76 Å². The van der Waals surface area contributed by atoms with E-state index >= 15 is 0 Å². The second kappa shape index (κ2) is 8.71. The van der Waals surface area contributed by atoms with Gasteiger partial charge >= 0.3 is 5.91 Å². The number of para-hydroxylation sites is 1. The van der Waals surface area contributed by atoms with Crippen LogP contribution in [0, 0.1) is 6.92 Å². The number of aryl methyl sites for hydroxylation is 1. The lowest BCUT2D eigenvalue weighted by Gasteiger charge is -2.20. The summed E-state index contributed by atoms with van der Waals surface area (Å²) in [5.74, 6) is 0.742. The molecule has 8 heteroatoms. The molecule has 0 radical (unpaired) electrons. The van der Waals surface area contributed by atoms with E-state index in [0.717, 1.165) is 18.4 Å². The van der Waals surface area contributed by atoms with Gasteiger partial charge in [0.05, 0.1) is 18.4 Å². The average Bonchev–Trinajstić information content (AvgIpc) is 3.07. The van der Waals surface area contributed by atoms with E-state index in [1.165, 1.54) is 7.11 Å². The Kier molecular flexibility index (Phi) is 6.26. The Hall–Kier alpha value is -3.13. The van der Waals surface area contributed by atoms with E-state index in [1.807, 2.05) is 27.7 Å². The summed E-state index contributed by atoms with van der Waals surface area (Å²) in [5.41, 5.74) is 10.6. The van der Waals surface area contributed by atoms with Crippen molar-refractivity contribution < 1.29 is 18.7 Å². The molecule has 160 valence electrons. The summed E-state index contributed by atoms with van der Waals surface area (Å²) in [4.78, 5) is 25.1. The van der Waals surface area contributed by atoms with Gasteiger partial charge in [-0.2, -0.15) is 5.10 Å². The number of carbonyl (C=O) groups excluding carboxylic acids is 2. The first-order valence-electron chi connectivity index (χ1n) is 9.91. The first kappa shape index (κ1) is 21.6. The molecule has 1 aliphatic carbocycles. The molecule has 0 unspecified atom stereocenters. The number of ether oxygens (including phenoxy) is 1. The van der Waals surface area contributed by atoms with Crippen LogP contribution in [0.15, 0.2) is 33.8 Å². The van der Waals surface area contributed by atoms with Crippen molar-refractivity contribution >= 4 is 17.5 Å². The highest BCUT2D eigenvalue weighted by Crippen LogP contribution is 2.30. The van der Waals surface area contributed by atoms with Gasteiger partial charge in [-0.05, 0) is 52.7 Å². The Morgan fingerprint density at radius 2 is 1.87 bits per heavy atom. The van der Waals surface area contributed by atoms with E-state index < -0.39 is 0 Å². The SMILES string of the molecule is COc1ccccc1C(=O)N/N=C1\CCCc2oc(C(=O)NNC(C)(C)C)c(C)c21. The molecule has 1 aromatic heterocycles. The standard InChI is InChI=1S/C22H28N4O4/c1-13-18-15(23-24-20(27)14-9-6-7-11-16(14)29-5)10-8-12-17(18)30-19(13)21(28)25-26-22(2,3)4/h6-7,9,11,26H,8,10,12H2,1-5H3,(H,24,27)(H,25,28)/b23-15+. The maximum Gasteiger partial charge on any atom is 0.301 e. The highest BCUT2D eigenvalue weighted by molar-refractivity contribution is 6.07. The fraction of sp³-hybridized carbons (Fsp3) is 0.409. The van der Waals surface area contributed by atoms with Gasteiger partial charge in [-0.15, -0.1) is 0 Å². The first-order valence-corrected chi connectivity index (χ1v) is 9.91. The van der Waals surface area contributed by atoms with Crippen molar-refractivity contribution in [2.45, 2.75) is 52.5 Å². The quantitative estimate of drug-likeness (QED) is 0.655. The number of nitrogens with zero attached hydrogens (tertiary/aromatic N) is 1. The Morgan fingerprint density at radius 1 is 1.13 bits per heavy atom. The van der Waals surface area contributed by atoms with Crippen molar-refractivity contribution in [3.8, 4) is 5.75 Å². The van der Waals surface area contributed by atoms with Crippen LogP contribution in [0.3, 0.4) is 0 Å². The monoisotopic (exact) mass is 412 g/mol. The Bertz CT molecular complexity index is 986. The van der Waals surface area contributed by atoms with E-state index in [4.69, 9.17) is 9.15 Å². The molecule has 1 heterocycles. The van der Waals surface area contributed by atoms with Gasteiger partial charge in [0.25, 0.3) is 5.91 Å². The number of methoxy groups -OCH3 is 1. The van der Waals surface area contributed by atoms with E-state index in [9.17, 15) is 9.59 Å². The number of rotatable bonds is 5. The van der Waals surface area contributed by atoms with E-state index in [0.29, 0.717) is 34.8 Å². The number of amides is 2. The van der Waals surface area contributed by atoms with Gasteiger partial charge in [0, 0.05) is 23.1 Å². The van der Waals surface area contributed by atoms with Gasteiger partial charge in [0.1, 0.15) is 11.5 Å². The second-order valence-corrected chi connectivity index (χ2v) is 8.24. The molecule has 2 amide bonds. The van der Waals surface area contributed by atoms with Gasteiger partial charge in [0.2, 0.25) is 0 Å². The first-order chi connectivity index (χ1) is 14.2. The second-order valence-electron chi connectivity index (χ2n) is 8.24. The zero-order valence-corrected chi connectivity index (χ0v) is 18.0. The van der Waals surface area contributed by atoms with Crippen molar-refractivity contribution in [2.75, 3.05) is 7.11 Å². The number of nitrogens with one attached hydrogen (secondary N) is 3. The third-order valence-electron chi connectivity index (χ3n) is 4.73. The lowest BCUT2D eigenvalue weighted by atomic mass is 9.93. The smallest absolute Gasteiger partial charge is 0.301 e. The number of benzene rings is 1. The summed E-state index contributed by atoms with van der Waals surface area (Å²) in [7, 11) is 1.52. The third kappa shape index (κ3) is 4.71. The van der Waals surface area contributed by atoms with Crippen LogP contribution in [0.4, 0.5) is 0 Å². The fourth-order valence-electron chi connectivity index (χ4n) is 3.31. The van der Waals surface area contributed by atoms with Gasteiger partial charge in [-0.25, -0.2) is 10.9 Å². The molecule has 0 bridgehead atoms. The molecule has 0 fully saturated rings. The summed E-state index contributed by atoms with van der Waals surface area (Å²) < 4.78 is 11.1. The molecule has 1 aliphatic rings. The minimum Gasteiger partial charge on any atom is -0.496 e. The summed E-state index contributed by atoms with van der Waals surface area (Å²) in [6.45, 7) is 7.67. The van der Waals surface area contributed by atoms with Crippen molar-refractivity contribution in [3.63, 3.8) is 0 Å². The van der Waals surface area contributed by atoms with Gasteiger partial charge in [-0.3, -0.25) is 15.0 Å². The van der Waals surface area contributed by atoms with Crippen LogP contribution in [0.5, 0.6) is 5.75 Å². The molecule has 30 heavy (non-hydrogen) atoms. The van der Waals surface area contributed by atoms with Crippen LogP contribution in [-0.4, -0.2) is 30.2 Å². The molecule has 8 nitrogen and oxygen atoms in total. The van der Waals surface area contributed by atoms with Crippen molar-refractivity contribution in [3.05, 3.63) is 52.5 Å². The number of hydrazine groups is 1. The fourth-order valence-corrected chi connectivity index (χ4v) is 3.31. The van der Waals surface area contributed by atoms with Crippen molar-refractivity contribution in [2.24, 2.45) is 5.10 Å². The molecule has 0 saturated heterocycles. The van der Waals surface area contributed by atoms with Crippen LogP contribution in [-0.2, 0) is 6.42 Å². The molecule has 0 saturated carbocycles. The molecular weight excluding hydrogens is 384 g/mol. The zero-order chi connectivity index (χ0) is 21.9. The predicted octanol–water partition coefficient (Wildman–Crippen LogP) is 3.10. The number of hydrogen-bond donors (Lipinski definition) is 3. The van der Waals surface area contributed by atoms with Crippen LogP contribution in [0.1, 0.15) is 71.4 Å². The highest BCUT2D eigenvalue weighted by Gasteiger charge is 2.28. The summed E-state index contributed by atoms with van der Waals surface area (Å²) in [5, 5.41) is 4.35. The van der Waals surface area contributed by atoms with Gasteiger partial charge < -0.3 is 9.15 Å². The lowest BCUT2D eigenvalue weighted by molar-refractivity contribution is 0.0882. The number of hydrogen-bond acceptors (Lipinski definition) is 6. The molecule has 0 aliphatic heterocycles. The van der Waals surface area contributed by atoms with E-state index in [-0.39, 0.29) is 23.1 Å². The number of carbonyl (C=O) groups is 2. The molecular formula is C22H28N4O4. The maximum atomic E-state index is 12.6. The minimum atomic E-state index is -0.361. The summed E-state index contributed by atoms with van der Waals surface area (Å²) >= 11 is 0. The van der Waals surface area contributed by atoms with Gasteiger partial charge in [-0.1, -0.05) is 12.1 Å². The highest BCUT2D eigenvalue weighted by atomic mass is 16.5. The van der Waals surface area contributed by atoms with Crippen LogP contribution < -0.4 is 21.0 Å². The van der Waals surface area contributed by atoms with Crippen LogP contribution in [0.2, 0.25) is 0 Å². The normalized spacial score (nSPS) is 14.9. The lowest BCUT2D eigenvalue weighted by Crippen LogP contribution is -2.48. The summed E-state index contributed by atoms with van der Waals surface area (Å²) in [6.07, 6.45) is 2.22. The van der Waals surface area contributed by atoms with Crippen LogP contribution in [0.25, 0.3) is 0 Å². The average molecular weight is 412 g/mol. The molecule has 3 rings (SSSR count). The minimum absolute atomic E-state index is 0.252. The molecule has 0 spiro atoms. The van der Waals surface area contributed by atoms with Crippen LogP contribution >= 0.6 is 0 Å². The summed E-state index contributed by atoms with van der Waals surface area (Å²) in [6, 6.07) is 6.96. The zero-order valence-electron chi connectivity index (χ0n) is 18.0.